The van der Waals surface area contributed by atoms with Crippen molar-refractivity contribution >= 4 is 0 Å². The summed E-state index contributed by atoms with van der Waals surface area (Å²) in [5, 5.41) is 12.1. The van der Waals surface area contributed by atoms with Crippen LogP contribution < -0.4 is 5.32 Å². The van der Waals surface area contributed by atoms with Gasteiger partial charge in [0, 0.05) is 6.54 Å². The SMILES string of the molecule is CCn1c(C)nnc1C1NCCCC1(C)C. The highest BCUT2D eigenvalue weighted by Crippen LogP contribution is 2.39. The van der Waals surface area contributed by atoms with Gasteiger partial charge >= 0.3 is 0 Å². The van der Waals surface area contributed by atoms with Crippen LogP contribution in [0.1, 0.15) is 51.3 Å². The van der Waals surface area contributed by atoms with Crippen molar-refractivity contribution in [2.24, 2.45) is 5.41 Å². The van der Waals surface area contributed by atoms with Crippen LogP contribution in [0, 0.1) is 12.3 Å². The molecule has 90 valence electrons. The summed E-state index contributed by atoms with van der Waals surface area (Å²) < 4.78 is 2.21. The summed E-state index contributed by atoms with van der Waals surface area (Å²) in [7, 11) is 0. The standard InChI is InChI=1S/C12H22N4/c1-5-16-9(2)14-15-11(16)10-12(3,4)7-6-8-13-10/h10,13H,5-8H2,1-4H3. The van der Waals surface area contributed by atoms with Crippen LogP contribution in [0.4, 0.5) is 0 Å². The molecule has 2 rings (SSSR count). The molecule has 1 fully saturated rings. The summed E-state index contributed by atoms with van der Waals surface area (Å²) in [4.78, 5) is 0. The fraction of sp³-hybridized carbons (Fsp3) is 0.833. The molecule has 0 radical (unpaired) electrons. The van der Waals surface area contributed by atoms with E-state index in [0.717, 1.165) is 24.7 Å². The summed E-state index contributed by atoms with van der Waals surface area (Å²) in [6.07, 6.45) is 2.50. The molecule has 0 bridgehead atoms. The van der Waals surface area contributed by atoms with Crippen LogP contribution in [0.2, 0.25) is 0 Å². The van der Waals surface area contributed by atoms with Gasteiger partial charge in [0.1, 0.15) is 5.82 Å². The smallest absolute Gasteiger partial charge is 0.150 e. The second-order valence-electron chi connectivity index (χ2n) is 5.33. The molecule has 4 nitrogen and oxygen atoms in total. The van der Waals surface area contributed by atoms with Crippen molar-refractivity contribution in [2.45, 2.75) is 53.1 Å². The van der Waals surface area contributed by atoms with Crippen molar-refractivity contribution in [1.29, 1.82) is 0 Å². The Labute approximate surface area is 97.5 Å². The molecule has 1 unspecified atom stereocenters. The normalized spacial score (nSPS) is 24.6. The van der Waals surface area contributed by atoms with Crippen LogP contribution in [-0.2, 0) is 6.54 Å². The first kappa shape index (κ1) is 11.6. The lowest BCUT2D eigenvalue weighted by molar-refractivity contribution is 0.170. The average molecular weight is 222 g/mol. The van der Waals surface area contributed by atoms with E-state index in [-0.39, 0.29) is 5.41 Å². The third kappa shape index (κ3) is 1.86. The summed E-state index contributed by atoms with van der Waals surface area (Å²) in [5.74, 6) is 2.12. The van der Waals surface area contributed by atoms with E-state index in [9.17, 15) is 0 Å². The number of piperidine rings is 1. The summed E-state index contributed by atoms with van der Waals surface area (Å²) in [6, 6.07) is 0.336. The maximum Gasteiger partial charge on any atom is 0.150 e. The first-order valence-electron chi connectivity index (χ1n) is 6.19. The van der Waals surface area contributed by atoms with E-state index in [1.807, 2.05) is 6.92 Å². The van der Waals surface area contributed by atoms with Crippen molar-refractivity contribution < 1.29 is 0 Å². The molecule has 4 heteroatoms. The molecule has 1 aliphatic rings. The highest BCUT2D eigenvalue weighted by Gasteiger charge is 2.36. The molecule has 0 saturated carbocycles. The molecule has 1 N–H and O–H groups in total. The van der Waals surface area contributed by atoms with Gasteiger partial charge in [-0.15, -0.1) is 10.2 Å². The van der Waals surface area contributed by atoms with Gasteiger partial charge in [0.2, 0.25) is 0 Å². The molecule has 2 heterocycles. The molecule has 0 spiro atoms. The maximum absolute atomic E-state index is 4.36. The predicted molar refractivity (Wildman–Crippen MR) is 64.2 cm³/mol. The van der Waals surface area contributed by atoms with Crippen LogP contribution in [0.5, 0.6) is 0 Å². The van der Waals surface area contributed by atoms with E-state index in [1.165, 1.54) is 12.8 Å². The number of hydrogen-bond donors (Lipinski definition) is 1. The van der Waals surface area contributed by atoms with Gasteiger partial charge in [-0.2, -0.15) is 0 Å². The van der Waals surface area contributed by atoms with E-state index < -0.39 is 0 Å². The molecule has 0 aromatic carbocycles. The summed E-state index contributed by atoms with van der Waals surface area (Å²) in [6.45, 7) is 10.8. The van der Waals surface area contributed by atoms with Crippen molar-refractivity contribution in [3.05, 3.63) is 11.6 Å². The second kappa shape index (κ2) is 4.17. The number of aryl methyl sites for hydroxylation is 1. The third-order valence-electron chi connectivity index (χ3n) is 3.67. The minimum Gasteiger partial charge on any atom is -0.314 e. The first-order valence-corrected chi connectivity index (χ1v) is 6.19. The van der Waals surface area contributed by atoms with E-state index in [0.29, 0.717) is 6.04 Å². The minimum atomic E-state index is 0.268. The Hall–Kier alpha value is -0.900. The number of nitrogens with zero attached hydrogens (tertiary/aromatic N) is 3. The quantitative estimate of drug-likeness (QED) is 0.833. The van der Waals surface area contributed by atoms with E-state index in [1.54, 1.807) is 0 Å². The lowest BCUT2D eigenvalue weighted by Crippen LogP contribution is -2.41. The highest BCUT2D eigenvalue weighted by molar-refractivity contribution is 5.06. The van der Waals surface area contributed by atoms with Crippen LogP contribution in [0.25, 0.3) is 0 Å². The van der Waals surface area contributed by atoms with Crippen molar-refractivity contribution in [3.63, 3.8) is 0 Å². The molecule has 1 aromatic rings. The zero-order valence-electron chi connectivity index (χ0n) is 10.7. The Kier molecular flexibility index (Phi) is 3.02. The molecule has 1 atom stereocenters. The number of aromatic nitrogens is 3. The van der Waals surface area contributed by atoms with E-state index in [2.05, 4.69) is 40.9 Å². The number of hydrogen-bond acceptors (Lipinski definition) is 3. The summed E-state index contributed by atoms with van der Waals surface area (Å²) >= 11 is 0. The highest BCUT2D eigenvalue weighted by atomic mass is 15.3. The topological polar surface area (TPSA) is 42.7 Å². The van der Waals surface area contributed by atoms with Gasteiger partial charge in [-0.1, -0.05) is 13.8 Å². The lowest BCUT2D eigenvalue weighted by atomic mass is 9.77. The second-order valence-corrected chi connectivity index (χ2v) is 5.33. The van der Waals surface area contributed by atoms with Gasteiger partial charge in [0.15, 0.2) is 5.82 Å². The first-order chi connectivity index (χ1) is 7.56. The van der Waals surface area contributed by atoms with Crippen molar-refractivity contribution in [1.82, 2.24) is 20.1 Å². The monoisotopic (exact) mass is 222 g/mol. The molecule has 1 aromatic heterocycles. The molecule has 1 aliphatic heterocycles. The Morgan fingerprint density at radius 1 is 1.44 bits per heavy atom. The Morgan fingerprint density at radius 2 is 2.19 bits per heavy atom. The van der Waals surface area contributed by atoms with Gasteiger partial charge in [-0.3, -0.25) is 0 Å². The molecule has 0 amide bonds. The predicted octanol–water partition coefficient (Wildman–Crippen LogP) is 2.06. The molecule has 0 aliphatic carbocycles. The van der Waals surface area contributed by atoms with Crippen molar-refractivity contribution in [3.8, 4) is 0 Å². The van der Waals surface area contributed by atoms with Gasteiger partial charge in [-0.05, 0) is 38.6 Å². The van der Waals surface area contributed by atoms with Crippen LogP contribution in [-0.4, -0.2) is 21.3 Å². The molecular weight excluding hydrogens is 200 g/mol. The fourth-order valence-corrected chi connectivity index (χ4v) is 2.65. The average Bonchev–Trinajstić information content (AvgIpc) is 2.58. The zero-order valence-corrected chi connectivity index (χ0v) is 10.7. The lowest BCUT2D eigenvalue weighted by Gasteiger charge is -2.38. The molecule has 1 saturated heterocycles. The summed E-state index contributed by atoms with van der Waals surface area (Å²) in [5.41, 5.74) is 0.268. The van der Waals surface area contributed by atoms with Gasteiger partial charge in [0.25, 0.3) is 0 Å². The fourth-order valence-electron chi connectivity index (χ4n) is 2.65. The largest absolute Gasteiger partial charge is 0.314 e. The third-order valence-corrected chi connectivity index (χ3v) is 3.67. The van der Waals surface area contributed by atoms with Gasteiger partial charge in [-0.25, -0.2) is 0 Å². The van der Waals surface area contributed by atoms with Crippen LogP contribution >= 0.6 is 0 Å². The Bertz CT molecular complexity index is 367. The van der Waals surface area contributed by atoms with Crippen LogP contribution in [0.3, 0.4) is 0 Å². The van der Waals surface area contributed by atoms with E-state index in [4.69, 9.17) is 0 Å². The maximum atomic E-state index is 4.36. The van der Waals surface area contributed by atoms with Gasteiger partial charge < -0.3 is 9.88 Å². The van der Waals surface area contributed by atoms with E-state index >= 15 is 0 Å². The molecule has 16 heavy (non-hydrogen) atoms. The number of nitrogens with one attached hydrogen (secondary N) is 1. The molecular formula is C12H22N4. The van der Waals surface area contributed by atoms with Crippen molar-refractivity contribution in [2.75, 3.05) is 6.54 Å². The van der Waals surface area contributed by atoms with Crippen LogP contribution in [0.15, 0.2) is 0 Å². The van der Waals surface area contributed by atoms with Gasteiger partial charge in [0.05, 0.1) is 6.04 Å². The number of rotatable bonds is 2. The zero-order chi connectivity index (χ0) is 11.8. The Balaban J connectivity index is 2.35. The minimum absolute atomic E-state index is 0.268. The Morgan fingerprint density at radius 3 is 2.81 bits per heavy atom.